The number of hydrogen-bond donors (Lipinski definition) is 2. The van der Waals surface area contributed by atoms with E-state index in [9.17, 15) is 0 Å². The molecule has 2 heterocycles. The molecule has 1 aromatic carbocycles. The van der Waals surface area contributed by atoms with Crippen molar-refractivity contribution in [2.24, 2.45) is 0 Å². The molecule has 3 aromatic rings. The minimum absolute atomic E-state index is 0.574. The fourth-order valence-corrected chi connectivity index (χ4v) is 4.02. The van der Waals surface area contributed by atoms with Gasteiger partial charge >= 0.3 is 0 Å². The highest BCUT2D eigenvalue weighted by Gasteiger charge is 2.12. The second kappa shape index (κ2) is 5.54. The molecule has 0 radical (unpaired) electrons. The van der Waals surface area contributed by atoms with Crippen molar-refractivity contribution in [3.63, 3.8) is 0 Å². The van der Waals surface area contributed by atoms with Gasteiger partial charge in [0.2, 0.25) is 0 Å². The quantitative estimate of drug-likeness (QED) is 0.568. The van der Waals surface area contributed by atoms with Crippen LogP contribution in [0.4, 0.5) is 11.5 Å². The maximum atomic E-state index is 6.09. The maximum Gasteiger partial charge on any atom is 0.142 e. The number of benzene rings is 1. The van der Waals surface area contributed by atoms with E-state index in [1.165, 1.54) is 10.4 Å². The predicted octanol–water partition coefficient (Wildman–Crippen LogP) is 3.76. The lowest BCUT2D eigenvalue weighted by molar-refractivity contribution is 1.08. The molecule has 0 spiro atoms. The Kier molecular flexibility index (Phi) is 3.73. The van der Waals surface area contributed by atoms with Crippen LogP contribution in [-0.2, 0) is 5.75 Å². The molecule has 2 aromatic heterocycles. The molecule has 0 amide bonds. The van der Waals surface area contributed by atoms with Crippen LogP contribution in [-0.4, -0.2) is 9.97 Å². The monoisotopic (exact) mass is 316 g/mol. The van der Waals surface area contributed by atoms with Gasteiger partial charge < -0.3 is 11.5 Å². The summed E-state index contributed by atoms with van der Waals surface area (Å²) >= 11 is 3.33. The molecule has 0 unspecified atom stereocenters. The molecular weight excluding hydrogens is 300 g/mol. The minimum Gasteiger partial charge on any atom is -0.399 e. The lowest BCUT2D eigenvalue weighted by atomic mass is 10.2. The molecule has 0 aliphatic carbocycles. The molecule has 0 saturated carbocycles. The van der Waals surface area contributed by atoms with Gasteiger partial charge in [-0.3, -0.25) is 0 Å². The van der Waals surface area contributed by atoms with Gasteiger partial charge in [0.15, 0.2) is 0 Å². The third-order valence-corrected chi connectivity index (χ3v) is 5.42. The number of rotatable bonds is 3. The number of thioether (sulfide) groups is 1. The number of nitrogens with zero attached hydrogens (tertiary/aromatic N) is 2. The summed E-state index contributed by atoms with van der Waals surface area (Å²) in [5.41, 5.74) is 13.8. The standard InChI is InChI=1S/C15H16N4S2/c1-8-9(2)21-15-13(8)14(17)18-12(19-15)7-20-11-5-3-4-10(16)6-11/h3-6H,7,16H2,1-2H3,(H2,17,18,19). The van der Waals surface area contributed by atoms with Gasteiger partial charge in [-0.15, -0.1) is 23.1 Å². The molecule has 108 valence electrons. The summed E-state index contributed by atoms with van der Waals surface area (Å²) < 4.78 is 0. The maximum absolute atomic E-state index is 6.09. The van der Waals surface area contributed by atoms with E-state index in [0.717, 1.165) is 26.6 Å². The van der Waals surface area contributed by atoms with Crippen LogP contribution in [0.15, 0.2) is 29.2 Å². The van der Waals surface area contributed by atoms with E-state index in [2.05, 4.69) is 23.8 Å². The Hall–Kier alpha value is -1.79. The SMILES string of the molecule is Cc1sc2nc(CSc3cccc(N)c3)nc(N)c2c1C. The third-order valence-electron chi connectivity index (χ3n) is 3.33. The second-order valence-corrected chi connectivity index (χ2v) is 7.10. The van der Waals surface area contributed by atoms with Crippen LogP contribution in [0.25, 0.3) is 10.2 Å². The Morgan fingerprint density at radius 2 is 2.00 bits per heavy atom. The van der Waals surface area contributed by atoms with Crippen LogP contribution in [0.3, 0.4) is 0 Å². The molecule has 0 bridgehead atoms. The van der Waals surface area contributed by atoms with Crippen molar-refractivity contribution < 1.29 is 0 Å². The highest BCUT2D eigenvalue weighted by Crippen LogP contribution is 2.33. The van der Waals surface area contributed by atoms with Crippen LogP contribution in [0.2, 0.25) is 0 Å². The van der Waals surface area contributed by atoms with E-state index in [-0.39, 0.29) is 0 Å². The van der Waals surface area contributed by atoms with Crippen molar-refractivity contribution in [2.45, 2.75) is 24.5 Å². The molecule has 6 heteroatoms. The molecular formula is C15H16N4S2. The topological polar surface area (TPSA) is 77.8 Å². The Bertz CT molecular complexity index is 811. The van der Waals surface area contributed by atoms with Crippen molar-refractivity contribution >= 4 is 44.8 Å². The number of hydrogen-bond acceptors (Lipinski definition) is 6. The number of anilines is 2. The summed E-state index contributed by atoms with van der Waals surface area (Å²) in [5, 5.41) is 0.996. The Morgan fingerprint density at radius 1 is 1.19 bits per heavy atom. The minimum atomic E-state index is 0.574. The van der Waals surface area contributed by atoms with Crippen LogP contribution < -0.4 is 11.5 Å². The summed E-state index contributed by atoms with van der Waals surface area (Å²) in [6, 6.07) is 7.80. The highest BCUT2D eigenvalue weighted by molar-refractivity contribution is 7.98. The molecule has 0 atom stereocenters. The lowest BCUT2D eigenvalue weighted by Gasteiger charge is -2.04. The molecule has 21 heavy (non-hydrogen) atoms. The van der Waals surface area contributed by atoms with Gasteiger partial charge in [-0.2, -0.15) is 0 Å². The van der Waals surface area contributed by atoms with E-state index >= 15 is 0 Å². The normalized spacial score (nSPS) is 11.1. The number of aromatic nitrogens is 2. The van der Waals surface area contributed by atoms with Crippen molar-refractivity contribution in [1.29, 1.82) is 0 Å². The van der Waals surface area contributed by atoms with E-state index in [1.807, 2.05) is 24.3 Å². The van der Waals surface area contributed by atoms with Crippen molar-refractivity contribution in [3.05, 3.63) is 40.5 Å². The average molecular weight is 316 g/mol. The van der Waals surface area contributed by atoms with Gasteiger partial charge in [-0.25, -0.2) is 9.97 Å². The zero-order valence-corrected chi connectivity index (χ0v) is 13.5. The summed E-state index contributed by atoms with van der Waals surface area (Å²) in [4.78, 5) is 12.4. The zero-order valence-electron chi connectivity index (χ0n) is 11.9. The van der Waals surface area contributed by atoms with E-state index in [0.29, 0.717) is 11.6 Å². The summed E-state index contributed by atoms with van der Waals surface area (Å²) in [6.07, 6.45) is 0. The van der Waals surface area contributed by atoms with Crippen molar-refractivity contribution in [3.8, 4) is 0 Å². The van der Waals surface area contributed by atoms with Gasteiger partial charge in [0.05, 0.1) is 11.1 Å². The number of nitrogens with two attached hydrogens (primary N) is 2. The number of fused-ring (bicyclic) bond motifs is 1. The number of thiophene rings is 1. The smallest absolute Gasteiger partial charge is 0.142 e. The number of nitrogen functional groups attached to an aromatic ring is 2. The van der Waals surface area contributed by atoms with Gasteiger partial charge in [0.1, 0.15) is 16.5 Å². The molecule has 0 aliphatic rings. The van der Waals surface area contributed by atoms with Crippen LogP contribution in [0, 0.1) is 13.8 Å². The van der Waals surface area contributed by atoms with Crippen LogP contribution in [0.5, 0.6) is 0 Å². The molecule has 0 fully saturated rings. The van der Waals surface area contributed by atoms with Gasteiger partial charge in [0, 0.05) is 15.5 Å². The first kappa shape index (κ1) is 14.2. The summed E-state index contributed by atoms with van der Waals surface area (Å²) in [5.74, 6) is 2.01. The Morgan fingerprint density at radius 3 is 2.76 bits per heavy atom. The third kappa shape index (κ3) is 2.82. The lowest BCUT2D eigenvalue weighted by Crippen LogP contribution is -1.99. The first-order chi connectivity index (χ1) is 10.0. The number of aryl methyl sites for hydroxylation is 2. The average Bonchev–Trinajstić information content (AvgIpc) is 2.72. The first-order valence-corrected chi connectivity index (χ1v) is 8.35. The van der Waals surface area contributed by atoms with Crippen molar-refractivity contribution in [1.82, 2.24) is 9.97 Å². The first-order valence-electron chi connectivity index (χ1n) is 6.55. The van der Waals surface area contributed by atoms with E-state index in [4.69, 9.17) is 11.5 Å². The fraction of sp³-hybridized carbons (Fsp3) is 0.200. The van der Waals surface area contributed by atoms with E-state index < -0.39 is 0 Å². The van der Waals surface area contributed by atoms with E-state index in [1.54, 1.807) is 23.1 Å². The Balaban J connectivity index is 1.88. The summed E-state index contributed by atoms with van der Waals surface area (Å²) in [6.45, 7) is 4.15. The van der Waals surface area contributed by atoms with Crippen molar-refractivity contribution in [2.75, 3.05) is 11.5 Å². The van der Waals surface area contributed by atoms with Gasteiger partial charge in [0.25, 0.3) is 0 Å². The second-order valence-electron chi connectivity index (χ2n) is 4.85. The molecule has 0 saturated heterocycles. The summed E-state index contributed by atoms with van der Waals surface area (Å²) in [7, 11) is 0. The van der Waals surface area contributed by atoms with Gasteiger partial charge in [-0.05, 0) is 37.6 Å². The fourth-order valence-electron chi connectivity index (χ4n) is 2.14. The molecule has 3 rings (SSSR count). The van der Waals surface area contributed by atoms with Crippen LogP contribution >= 0.6 is 23.1 Å². The zero-order chi connectivity index (χ0) is 15.0. The molecule has 0 aliphatic heterocycles. The van der Waals surface area contributed by atoms with Gasteiger partial charge in [-0.1, -0.05) is 6.07 Å². The highest BCUT2D eigenvalue weighted by atomic mass is 32.2. The molecule has 4 N–H and O–H groups in total. The van der Waals surface area contributed by atoms with Crippen LogP contribution in [0.1, 0.15) is 16.3 Å². The Labute approximate surface area is 131 Å². The predicted molar refractivity (Wildman–Crippen MR) is 91.7 cm³/mol. The molecule has 4 nitrogen and oxygen atoms in total. The largest absolute Gasteiger partial charge is 0.399 e.